The Labute approximate surface area is 164 Å². The molecule has 0 bridgehead atoms. The summed E-state index contributed by atoms with van der Waals surface area (Å²) in [6.45, 7) is 9.84. The molecule has 28 heavy (non-hydrogen) atoms. The first kappa shape index (κ1) is 18.6. The quantitative estimate of drug-likeness (QED) is 0.806. The minimum atomic E-state index is -1.28. The van der Waals surface area contributed by atoms with Crippen LogP contribution >= 0.6 is 0 Å². The molecule has 7 nitrogen and oxygen atoms in total. The number of amides is 2. The molecule has 3 heterocycles. The summed E-state index contributed by atoms with van der Waals surface area (Å²) in [7, 11) is 3.01. The first-order chi connectivity index (χ1) is 13.2. The molecule has 0 aliphatic carbocycles. The summed E-state index contributed by atoms with van der Waals surface area (Å²) in [6, 6.07) is 7.06. The zero-order chi connectivity index (χ0) is 20.5. The van der Waals surface area contributed by atoms with Gasteiger partial charge in [-0.1, -0.05) is 38.1 Å². The van der Waals surface area contributed by atoms with Crippen LogP contribution in [-0.2, 0) is 24.6 Å². The van der Waals surface area contributed by atoms with E-state index < -0.39 is 22.7 Å². The lowest BCUT2D eigenvalue weighted by Crippen LogP contribution is -2.77. The second kappa shape index (κ2) is 5.61. The first-order valence-electron chi connectivity index (χ1n) is 9.23. The molecule has 1 aromatic rings. The summed E-state index contributed by atoms with van der Waals surface area (Å²) in [4.78, 5) is 33.6. The molecule has 0 radical (unpaired) electrons. The summed E-state index contributed by atoms with van der Waals surface area (Å²) >= 11 is 0. The smallest absolute Gasteiger partial charge is 0.292 e. The maximum absolute atomic E-state index is 13.3. The minimum absolute atomic E-state index is 0.196. The number of benzene rings is 1. The molecular weight excluding hydrogens is 358 g/mol. The van der Waals surface area contributed by atoms with Gasteiger partial charge in [-0.15, -0.1) is 6.58 Å². The number of nitrogens with zero attached hydrogens (tertiary/aromatic N) is 2. The van der Waals surface area contributed by atoms with Crippen molar-refractivity contribution in [1.82, 2.24) is 10.2 Å². The van der Waals surface area contributed by atoms with Crippen molar-refractivity contribution in [2.24, 2.45) is 5.41 Å². The summed E-state index contributed by atoms with van der Waals surface area (Å²) in [6.07, 6.45) is 3.67. The maximum Gasteiger partial charge on any atom is 0.292 e. The SMILES string of the molecule is C=CC(C)(C)[C@@]12C=C(OC)C(=O)N3[C@@H](C)C(=O)N[C@]31N(OC)c1ccccc12. The predicted octanol–water partition coefficient (Wildman–Crippen LogP) is 2.06. The number of hydrogen-bond donors (Lipinski definition) is 1. The molecule has 0 aromatic heterocycles. The number of carbonyl (C=O) groups is 2. The van der Waals surface area contributed by atoms with E-state index in [1.165, 1.54) is 14.2 Å². The van der Waals surface area contributed by atoms with E-state index in [0.717, 1.165) is 11.3 Å². The Kier molecular flexibility index (Phi) is 3.72. The molecule has 148 valence electrons. The van der Waals surface area contributed by atoms with E-state index in [9.17, 15) is 9.59 Å². The van der Waals surface area contributed by atoms with Crippen LogP contribution in [0.2, 0.25) is 0 Å². The molecule has 3 aliphatic heterocycles. The van der Waals surface area contributed by atoms with Gasteiger partial charge < -0.3 is 10.1 Å². The van der Waals surface area contributed by atoms with Gasteiger partial charge >= 0.3 is 0 Å². The molecular formula is C21H25N3O4. The Morgan fingerprint density at radius 3 is 2.54 bits per heavy atom. The number of para-hydroxylation sites is 1. The van der Waals surface area contributed by atoms with Crippen LogP contribution in [0.5, 0.6) is 0 Å². The Morgan fingerprint density at radius 1 is 1.25 bits per heavy atom. The fraction of sp³-hybridized carbons (Fsp3) is 0.429. The standard InChI is InChI=1S/C21H25N3O4/c1-7-19(3,4)20-12-16(27-5)18(26)23-13(2)17(25)22-21(20,23)24(28-6)15-11-9-8-10-14(15)20/h7-13H,1H2,2-6H3,(H,22,25)/t13-,20-,21-/m0/s1. The molecule has 1 aromatic carbocycles. The highest BCUT2D eigenvalue weighted by atomic mass is 16.7. The van der Waals surface area contributed by atoms with Crippen LogP contribution in [0.25, 0.3) is 0 Å². The second-order valence-electron chi connectivity index (χ2n) is 7.95. The molecule has 1 saturated heterocycles. The van der Waals surface area contributed by atoms with Crippen LogP contribution in [0, 0.1) is 5.41 Å². The fourth-order valence-corrected chi connectivity index (χ4v) is 5.08. The third-order valence-corrected chi connectivity index (χ3v) is 6.51. The van der Waals surface area contributed by atoms with Gasteiger partial charge in [-0.2, -0.15) is 0 Å². The van der Waals surface area contributed by atoms with Crippen molar-refractivity contribution in [2.45, 2.75) is 38.0 Å². The maximum atomic E-state index is 13.3. The van der Waals surface area contributed by atoms with Crippen molar-refractivity contribution < 1.29 is 19.2 Å². The van der Waals surface area contributed by atoms with Crippen molar-refractivity contribution in [2.75, 3.05) is 19.3 Å². The lowest BCUT2D eigenvalue weighted by atomic mass is 9.57. The van der Waals surface area contributed by atoms with E-state index in [2.05, 4.69) is 11.9 Å². The Balaban J connectivity index is 2.21. The average Bonchev–Trinajstić information content (AvgIpc) is 3.09. The number of methoxy groups -OCH3 is 1. The Morgan fingerprint density at radius 2 is 1.93 bits per heavy atom. The number of ether oxygens (including phenoxy) is 1. The van der Waals surface area contributed by atoms with Crippen LogP contribution in [0.15, 0.2) is 48.8 Å². The zero-order valence-corrected chi connectivity index (χ0v) is 16.8. The van der Waals surface area contributed by atoms with Gasteiger partial charge in [0.1, 0.15) is 6.04 Å². The van der Waals surface area contributed by atoms with E-state index in [0.29, 0.717) is 0 Å². The number of rotatable bonds is 4. The van der Waals surface area contributed by atoms with Crippen molar-refractivity contribution in [3.05, 3.63) is 54.3 Å². The largest absolute Gasteiger partial charge is 0.491 e. The van der Waals surface area contributed by atoms with Crippen molar-refractivity contribution in [1.29, 1.82) is 0 Å². The van der Waals surface area contributed by atoms with E-state index in [1.54, 1.807) is 16.9 Å². The molecule has 7 heteroatoms. The highest BCUT2D eigenvalue weighted by Gasteiger charge is 2.77. The minimum Gasteiger partial charge on any atom is -0.491 e. The molecule has 1 fully saturated rings. The monoisotopic (exact) mass is 383 g/mol. The highest BCUT2D eigenvalue weighted by Crippen LogP contribution is 2.64. The van der Waals surface area contributed by atoms with Crippen molar-refractivity contribution in [3.63, 3.8) is 0 Å². The summed E-state index contributed by atoms with van der Waals surface area (Å²) in [5.74, 6) is -1.70. The van der Waals surface area contributed by atoms with E-state index in [-0.39, 0.29) is 17.6 Å². The molecule has 1 spiro atoms. The van der Waals surface area contributed by atoms with E-state index in [4.69, 9.17) is 9.57 Å². The Bertz CT molecular complexity index is 924. The van der Waals surface area contributed by atoms with Gasteiger partial charge in [0.05, 0.1) is 25.3 Å². The molecule has 3 atom stereocenters. The molecule has 2 amide bonds. The van der Waals surface area contributed by atoms with Crippen molar-refractivity contribution in [3.8, 4) is 0 Å². The third-order valence-electron chi connectivity index (χ3n) is 6.51. The number of anilines is 1. The zero-order valence-electron chi connectivity index (χ0n) is 16.8. The summed E-state index contributed by atoms with van der Waals surface area (Å²) < 4.78 is 5.49. The summed E-state index contributed by atoms with van der Waals surface area (Å²) in [5, 5.41) is 4.74. The molecule has 4 rings (SSSR count). The normalized spacial score (nSPS) is 31.0. The third kappa shape index (κ3) is 1.73. The van der Waals surface area contributed by atoms with Crippen molar-refractivity contribution >= 4 is 17.5 Å². The van der Waals surface area contributed by atoms with Gasteiger partial charge in [0.2, 0.25) is 11.7 Å². The number of fused-ring (bicyclic) bond motifs is 2. The number of hydrogen-bond acceptors (Lipinski definition) is 5. The molecule has 1 N–H and O–H groups in total. The van der Waals surface area contributed by atoms with E-state index in [1.807, 2.05) is 50.3 Å². The van der Waals surface area contributed by atoms with Crippen LogP contribution < -0.4 is 10.4 Å². The lowest BCUT2D eigenvalue weighted by molar-refractivity contribution is -0.151. The molecule has 3 aliphatic rings. The van der Waals surface area contributed by atoms with Gasteiger partial charge in [0.25, 0.3) is 5.91 Å². The number of carbonyl (C=O) groups excluding carboxylic acids is 2. The van der Waals surface area contributed by atoms with Crippen LogP contribution in [0.1, 0.15) is 26.3 Å². The first-order valence-corrected chi connectivity index (χ1v) is 9.23. The van der Waals surface area contributed by atoms with Gasteiger partial charge in [-0.05, 0) is 24.6 Å². The fourth-order valence-electron chi connectivity index (χ4n) is 5.08. The lowest BCUT2D eigenvalue weighted by Gasteiger charge is -2.57. The van der Waals surface area contributed by atoms with E-state index >= 15 is 0 Å². The highest BCUT2D eigenvalue weighted by molar-refractivity contribution is 6.02. The topological polar surface area (TPSA) is 71.1 Å². The van der Waals surface area contributed by atoms with Gasteiger partial charge in [-0.3, -0.25) is 19.3 Å². The Hall–Kier alpha value is -2.80. The summed E-state index contributed by atoms with van der Waals surface area (Å²) in [5.41, 5.74) is 0.216. The average molecular weight is 383 g/mol. The van der Waals surface area contributed by atoms with Gasteiger partial charge in [0.15, 0.2) is 5.76 Å². The second-order valence-corrected chi connectivity index (χ2v) is 7.95. The van der Waals surface area contributed by atoms with Crippen LogP contribution in [-0.4, -0.2) is 42.8 Å². The molecule has 0 unspecified atom stereocenters. The van der Waals surface area contributed by atoms with Gasteiger partial charge in [0, 0.05) is 5.41 Å². The van der Waals surface area contributed by atoms with Gasteiger partial charge in [-0.25, -0.2) is 5.06 Å². The number of hydroxylamine groups is 1. The predicted molar refractivity (Wildman–Crippen MR) is 104 cm³/mol. The van der Waals surface area contributed by atoms with Crippen LogP contribution in [0.3, 0.4) is 0 Å². The number of allylic oxidation sites excluding steroid dienone is 1. The molecule has 0 saturated carbocycles. The van der Waals surface area contributed by atoms with Crippen LogP contribution in [0.4, 0.5) is 5.69 Å². The number of nitrogens with one attached hydrogen (secondary N) is 1.